The van der Waals surface area contributed by atoms with Crippen molar-refractivity contribution in [1.29, 1.82) is 0 Å². The van der Waals surface area contributed by atoms with Gasteiger partial charge in [0, 0.05) is 0 Å². The fourth-order valence-corrected chi connectivity index (χ4v) is 2.58. The Morgan fingerprint density at radius 2 is 1.95 bits per heavy atom. The van der Waals surface area contributed by atoms with E-state index in [1.165, 1.54) is 36.3 Å². The number of benzene rings is 1. The van der Waals surface area contributed by atoms with Crippen molar-refractivity contribution >= 4 is 5.97 Å². The SMILES string of the molecule is CC(C[NH+]1CCCCC1)OC(=O)c1ccccc1F.[Cl-]. The van der Waals surface area contributed by atoms with Crippen molar-refractivity contribution in [3.63, 3.8) is 0 Å². The Hall–Kier alpha value is -1.13. The molecule has 1 aliphatic heterocycles. The highest BCUT2D eigenvalue weighted by atomic mass is 35.5. The Bertz CT molecular complexity index is 436. The highest BCUT2D eigenvalue weighted by Gasteiger charge is 2.21. The Morgan fingerprint density at radius 1 is 1.30 bits per heavy atom. The first-order chi connectivity index (χ1) is 9.16. The molecule has 0 aromatic heterocycles. The minimum absolute atomic E-state index is 0. The van der Waals surface area contributed by atoms with Crippen LogP contribution in [0, 0.1) is 5.82 Å². The molecular formula is C15H21ClFNO2. The molecule has 1 saturated heterocycles. The van der Waals surface area contributed by atoms with Crippen molar-refractivity contribution in [3.8, 4) is 0 Å². The van der Waals surface area contributed by atoms with E-state index < -0.39 is 11.8 Å². The van der Waals surface area contributed by atoms with Crippen molar-refractivity contribution < 1.29 is 31.2 Å². The van der Waals surface area contributed by atoms with E-state index >= 15 is 0 Å². The predicted octanol–water partition coefficient (Wildman–Crippen LogP) is -1.56. The summed E-state index contributed by atoms with van der Waals surface area (Å²) in [5.41, 5.74) is 0.0167. The topological polar surface area (TPSA) is 30.7 Å². The second kappa shape index (κ2) is 8.22. The Morgan fingerprint density at radius 3 is 2.60 bits per heavy atom. The summed E-state index contributed by atoms with van der Waals surface area (Å²) >= 11 is 0. The van der Waals surface area contributed by atoms with Crippen LogP contribution in [0.5, 0.6) is 0 Å². The lowest BCUT2D eigenvalue weighted by atomic mass is 10.1. The summed E-state index contributed by atoms with van der Waals surface area (Å²) < 4.78 is 18.8. The van der Waals surface area contributed by atoms with Crippen molar-refractivity contribution in [2.45, 2.75) is 32.3 Å². The van der Waals surface area contributed by atoms with Gasteiger partial charge in [-0.1, -0.05) is 12.1 Å². The van der Waals surface area contributed by atoms with Crippen molar-refractivity contribution in [3.05, 3.63) is 35.6 Å². The number of rotatable bonds is 4. The summed E-state index contributed by atoms with van der Waals surface area (Å²) in [6.45, 7) is 4.96. The average Bonchev–Trinajstić information content (AvgIpc) is 2.40. The molecule has 20 heavy (non-hydrogen) atoms. The normalized spacial score (nSPS) is 17.1. The van der Waals surface area contributed by atoms with E-state index in [2.05, 4.69) is 0 Å². The Labute approximate surface area is 125 Å². The lowest BCUT2D eigenvalue weighted by Crippen LogP contribution is -3.13. The second-order valence-electron chi connectivity index (χ2n) is 5.21. The summed E-state index contributed by atoms with van der Waals surface area (Å²) in [6.07, 6.45) is 3.60. The molecule has 0 aliphatic carbocycles. The second-order valence-corrected chi connectivity index (χ2v) is 5.21. The molecule has 3 nitrogen and oxygen atoms in total. The smallest absolute Gasteiger partial charge is 0.341 e. The molecule has 1 aromatic carbocycles. The molecule has 2 rings (SSSR count). The van der Waals surface area contributed by atoms with Crippen LogP contribution in [0.3, 0.4) is 0 Å². The highest BCUT2D eigenvalue weighted by molar-refractivity contribution is 5.89. The van der Waals surface area contributed by atoms with Gasteiger partial charge in [0.2, 0.25) is 0 Å². The lowest BCUT2D eigenvalue weighted by Gasteiger charge is -2.26. The van der Waals surface area contributed by atoms with E-state index in [1.54, 1.807) is 12.1 Å². The molecule has 5 heteroatoms. The number of ether oxygens (including phenoxy) is 1. The van der Waals surface area contributed by atoms with Gasteiger partial charge in [0.1, 0.15) is 18.5 Å². The van der Waals surface area contributed by atoms with Crippen LogP contribution in [-0.2, 0) is 4.74 Å². The Kier molecular flexibility index (Phi) is 6.96. The molecule has 1 aliphatic rings. The van der Waals surface area contributed by atoms with Gasteiger partial charge in [-0.15, -0.1) is 0 Å². The number of carbonyl (C=O) groups excluding carboxylic acids is 1. The molecule has 0 amide bonds. The fourth-order valence-electron chi connectivity index (χ4n) is 2.58. The number of halogens is 2. The molecule has 0 saturated carbocycles. The third-order valence-electron chi connectivity index (χ3n) is 3.54. The number of hydrogen-bond donors (Lipinski definition) is 1. The zero-order chi connectivity index (χ0) is 13.7. The maximum absolute atomic E-state index is 13.4. The molecule has 1 unspecified atom stereocenters. The maximum atomic E-state index is 13.4. The van der Waals surface area contributed by atoms with E-state index in [4.69, 9.17) is 4.74 Å². The van der Waals surface area contributed by atoms with Gasteiger partial charge >= 0.3 is 5.97 Å². The van der Waals surface area contributed by atoms with E-state index in [1.807, 2.05) is 6.92 Å². The van der Waals surface area contributed by atoms with E-state index in [-0.39, 0.29) is 24.1 Å². The molecule has 1 aromatic rings. The fraction of sp³-hybridized carbons (Fsp3) is 0.533. The summed E-state index contributed by atoms with van der Waals surface area (Å²) in [4.78, 5) is 13.3. The summed E-state index contributed by atoms with van der Waals surface area (Å²) in [5.74, 6) is -1.09. The number of carbonyl (C=O) groups is 1. The van der Waals surface area contributed by atoms with Crippen LogP contribution in [0.1, 0.15) is 36.5 Å². The van der Waals surface area contributed by atoms with Gasteiger partial charge in [0.05, 0.1) is 18.7 Å². The largest absolute Gasteiger partial charge is 1.00 e. The number of likely N-dealkylation sites (tertiary alicyclic amines) is 1. The summed E-state index contributed by atoms with van der Waals surface area (Å²) in [5, 5.41) is 0. The van der Waals surface area contributed by atoms with E-state index in [0.29, 0.717) is 0 Å². The number of piperidine rings is 1. The van der Waals surface area contributed by atoms with Gasteiger partial charge in [-0.25, -0.2) is 9.18 Å². The molecule has 0 bridgehead atoms. The molecule has 1 heterocycles. The average molecular weight is 302 g/mol. The first kappa shape index (κ1) is 16.9. The lowest BCUT2D eigenvalue weighted by molar-refractivity contribution is -0.907. The zero-order valence-electron chi connectivity index (χ0n) is 11.7. The zero-order valence-corrected chi connectivity index (χ0v) is 12.5. The first-order valence-electron chi connectivity index (χ1n) is 6.96. The van der Waals surface area contributed by atoms with E-state index in [0.717, 1.165) is 19.6 Å². The Balaban J connectivity index is 0.00000200. The van der Waals surface area contributed by atoms with Crippen molar-refractivity contribution in [2.24, 2.45) is 0 Å². The number of hydrogen-bond acceptors (Lipinski definition) is 2. The van der Waals surface area contributed by atoms with Gasteiger partial charge in [-0.05, 0) is 38.3 Å². The van der Waals surface area contributed by atoms with Crippen LogP contribution >= 0.6 is 0 Å². The van der Waals surface area contributed by atoms with Gasteiger partial charge in [0.15, 0.2) is 0 Å². The molecule has 112 valence electrons. The molecule has 1 fully saturated rings. The monoisotopic (exact) mass is 301 g/mol. The van der Waals surface area contributed by atoms with Gasteiger partial charge < -0.3 is 22.0 Å². The first-order valence-corrected chi connectivity index (χ1v) is 6.96. The van der Waals surface area contributed by atoms with E-state index in [9.17, 15) is 9.18 Å². The summed E-state index contributed by atoms with van der Waals surface area (Å²) in [6, 6.07) is 5.93. The minimum Gasteiger partial charge on any atom is -1.00 e. The molecule has 1 N–H and O–H groups in total. The third kappa shape index (κ3) is 4.76. The minimum atomic E-state index is -0.568. The highest BCUT2D eigenvalue weighted by Crippen LogP contribution is 2.09. The van der Waals surface area contributed by atoms with Crippen LogP contribution in [0.4, 0.5) is 4.39 Å². The summed E-state index contributed by atoms with van der Waals surface area (Å²) in [7, 11) is 0. The van der Waals surface area contributed by atoms with Gasteiger partial charge in [0.25, 0.3) is 0 Å². The standard InChI is InChI=1S/C15H20FNO2.ClH/c1-12(11-17-9-5-2-6-10-17)19-15(18)13-7-3-4-8-14(13)16;/h3-4,7-8,12H,2,5-6,9-11H2,1H3;1H. The van der Waals surface area contributed by atoms with Gasteiger partial charge in [-0.3, -0.25) is 0 Å². The molecular weight excluding hydrogens is 281 g/mol. The predicted molar refractivity (Wildman–Crippen MR) is 70.7 cm³/mol. The number of esters is 1. The number of quaternary nitrogens is 1. The number of nitrogens with one attached hydrogen (secondary N) is 1. The van der Waals surface area contributed by atoms with Crippen LogP contribution in [0.25, 0.3) is 0 Å². The quantitative estimate of drug-likeness (QED) is 0.682. The van der Waals surface area contributed by atoms with Gasteiger partial charge in [-0.2, -0.15) is 0 Å². The van der Waals surface area contributed by atoms with Crippen LogP contribution in [0.2, 0.25) is 0 Å². The van der Waals surface area contributed by atoms with Crippen molar-refractivity contribution in [2.75, 3.05) is 19.6 Å². The van der Waals surface area contributed by atoms with Crippen LogP contribution in [0.15, 0.2) is 24.3 Å². The van der Waals surface area contributed by atoms with Crippen molar-refractivity contribution in [1.82, 2.24) is 0 Å². The van der Waals surface area contributed by atoms with Crippen LogP contribution < -0.4 is 17.3 Å². The third-order valence-corrected chi connectivity index (χ3v) is 3.54. The van der Waals surface area contributed by atoms with Crippen LogP contribution in [-0.4, -0.2) is 31.7 Å². The molecule has 0 radical (unpaired) electrons. The maximum Gasteiger partial charge on any atom is 0.341 e. The molecule has 0 spiro atoms. The molecule has 1 atom stereocenters.